The van der Waals surface area contributed by atoms with Gasteiger partial charge in [-0.3, -0.25) is 19.2 Å². The standard InChI is InChI=1S/C37H53N3O7/c1-7-11-18-30(42)46-23-27(26-16-13-12-14-17-26)38-34(43)31-29-19-20-37(47-29)32(31)35(44)40(28(22-41)24(5)10-4)33(37)36(45)39(21-9-3)25(6)15-8-2/h7,9,12-14,16-17,24-25,27-29,31-33,41H,1,3,8,10-11,15,18-23H2,2,4-6H3,(H,38,43)/t24-,25?,27-,28-,29+,31-,32-,33+,37-/m0/s1. The zero-order chi connectivity index (χ0) is 34.3. The summed E-state index contributed by atoms with van der Waals surface area (Å²) in [5.41, 5.74) is -0.447. The van der Waals surface area contributed by atoms with Crippen LogP contribution in [0.2, 0.25) is 0 Å². The predicted molar refractivity (Wildman–Crippen MR) is 179 cm³/mol. The molecular formula is C37H53N3O7. The number of esters is 1. The molecule has 1 unspecified atom stereocenters. The van der Waals surface area contributed by atoms with Crippen molar-refractivity contribution in [2.45, 2.75) is 109 Å². The van der Waals surface area contributed by atoms with Gasteiger partial charge in [0.25, 0.3) is 0 Å². The van der Waals surface area contributed by atoms with Crippen LogP contribution in [0.15, 0.2) is 55.6 Å². The summed E-state index contributed by atoms with van der Waals surface area (Å²) in [5, 5.41) is 13.7. The maximum Gasteiger partial charge on any atom is 0.306 e. The summed E-state index contributed by atoms with van der Waals surface area (Å²) in [6.45, 7) is 15.5. The molecule has 1 aromatic carbocycles. The number of benzene rings is 1. The van der Waals surface area contributed by atoms with E-state index in [0.29, 0.717) is 32.2 Å². The van der Waals surface area contributed by atoms with Crippen LogP contribution < -0.4 is 5.32 Å². The molecule has 3 aliphatic rings. The summed E-state index contributed by atoms with van der Waals surface area (Å²) in [6.07, 6.45) is 6.77. The van der Waals surface area contributed by atoms with Gasteiger partial charge in [-0.05, 0) is 44.1 Å². The number of hydrogen-bond acceptors (Lipinski definition) is 7. The van der Waals surface area contributed by atoms with Crippen molar-refractivity contribution in [1.29, 1.82) is 0 Å². The van der Waals surface area contributed by atoms with Crippen LogP contribution in [-0.4, -0.2) is 88.2 Å². The third kappa shape index (κ3) is 7.18. The second kappa shape index (κ2) is 16.1. The molecule has 1 spiro atoms. The lowest BCUT2D eigenvalue weighted by Gasteiger charge is -2.42. The van der Waals surface area contributed by atoms with Crippen molar-refractivity contribution in [3.8, 4) is 0 Å². The number of allylic oxidation sites excluding steroid dienone is 1. The Balaban J connectivity index is 1.70. The lowest BCUT2D eigenvalue weighted by atomic mass is 9.70. The van der Waals surface area contributed by atoms with Crippen LogP contribution >= 0.6 is 0 Å². The number of carbonyl (C=O) groups is 4. The predicted octanol–water partition coefficient (Wildman–Crippen LogP) is 4.34. The Morgan fingerprint density at radius 2 is 1.91 bits per heavy atom. The van der Waals surface area contributed by atoms with Crippen LogP contribution in [0.25, 0.3) is 0 Å². The van der Waals surface area contributed by atoms with Crippen LogP contribution in [0.1, 0.15) is 84.2 Å². The first-order valence-electron chi connectivity index (χ1n) is 17.2. The van der Waals surface area contributed by atoms with Crippen molar-refractivity contribution in [1.82, 2.24) is 15.1 Å². The molecule has 47 heavy (non-hydrogen) atoms. The average Bonchev–Trinajstić information content (AvgIpc) is 3.72. The van der Waals surface area contributed by atoms with Gasteiger partial charge in [0.1, 0.15) is 18.2 Å². The fraction of sp³-hybridized carbons (Fsp3) is 0.622. The number of likely N-dealkylation sites (tertiary alicyclic amines) is 1. The number of nitrogens with zero attached hydrogens (tertiary/aromatic N) is 2. The van der Waals surface area contributed by atoms with E-state index in [1.807, 2.05) is 51.1 Å². The summed E-state index contributed by atoms with van der Waals surface area (Å²) in [6, 6.07) is 6.89. The Morgan fingerprint density at radius 3 is 2.53 bits per heavy atom. The maximum atomic E-state index is 14.7. The smallest absolute Gasteiger partial charge is 0.306 e. The fourth-order valence-corrected chi connectivity index (χ4v) is 7.84. The zero-order valence-corrected chi connectivity index (χ0v) is 28.4. The van der Waals surface area contributed by atoms with Crippen molar-refractivity contribution in [3.05, 3.63) is 61.2 Å². The van der Waals surface area contributed by atoms with Crippen LogP contribution in [0.4, 0.5) is 0 Å². The molecule has 2 N–H and O–H groups in total. The molecule has 3 aliphatic heterocycles. The van der Waals surface area contributed by atoms with Gasteiger partial charge in [-0.1, -0.05) is 76.1 Å². The topological polar surface area (TPSA) is 125 Å². The van der Waals surface area contributed by atoms with Crippen LogP contribution in [0.5, 0.6) is 0 Å². The Hall–Kier alpha value is -3.50. The number of aliphatic hydroxyl groups is 1. The van der Waals surface area contributed by atoms with E-state index in [9.17, 15) is 24.3 Å². The molecule has 2 bridgehead atoms. The molecule has 9 atom stereocenters. The highest BCUT2D eigenvalue weighted by atomic mass is 16.5. The largest absolute Gasteiger partial charge is 0.463 e. The summed E-state index contributed by atoms with van der Waals surface area (Å²) in [5.74, 6) is -3.20. The molecule has 3 saturated heterocycles. The first-order valence-corrected chi connectivity index (χ1v) is 17.2. The highest BCUT2D eigenvalue weighted by molar-refractivity contribution is 5.99. The molecule has 0 saturated carbocycles. The van der Waals surface area contributed by atoms with Gasteiger partial charge >= 0.3 is 5.97 Å². The number of amides is 3. The average molecular weight is 652 g/mol. The SMILES string of the molecule is C=CCCC(=O)OC[C@H](NC(=O)[C@@H]1[C@H]2C(=O)N([C@@H](CO)[C@@H](C)CC)[C@H](C(=O)N(CC=C)C(C)CCC)[C@]23CC[C@H]1O3)c1ccccc1. The van der Waals surface area contributed by atoms with Crippen molar-refractivity contribution < 1.29 is 33.8 Å². The van der Waals surface area contributed by atoms with Gasteiger partial charge in [-0.25, -0.2) is 0 Å². The van der Waals surface area contributed by atoms with E-state index < -0.39 is 47.6 Å². The van der Waals surface area contributed by atoms with Crippen molar-refractivity contribution in [2.75, 3.05) is 19.8 Å². The fourth-order valence-electron chi connectivity index (χ4n) is 7.84. The summed E-state index contributed by atoms with van der Waals surface area (Å²) in [7, 11) is 0. The molecule has 4 rings (SSSR count). The highest BCUT2D eigenvalue weighted by Gasteiger charge is 2.75. The lowest BCUT2D eigenvalue weighted by Crippen LogP contribution is -2.60. The number of ether oxygens (including phenoxy) is 2. The Bertz CT molecular complexity index is 1290. The molecule has 1 aromatic rings. The molecule has 0 aliphatic carbocycles. The first-order chi connectivity index (χ1) is 22.6. The van der Waals surface area contributed by atoms with Crippen LogP contribution in [-0.2, 0) is 28.7 Å². The van der Waals surface area contributed by atoms with E-state index in [0.717, 1.165) is 18.4 Å². The monoisotopic (exact) mass is 651 g/mol. The summed E-state index contributed by atoms with van der Waals surface area (Å²) >= 11 is 0. The number of nitrogens with one attached hydrogen (secondary N) is 1. The minimum Gasteiger partial charge on any atom is -0.463 e. The number of hydrogen-bond donors (Lipinski definition) is 2. The Kier molecular flexibility index (Phi) is 12.4. The second-order valence-corrected chi connectivity index (χ2v) is 13.3. The Labute approximate surface area is 279 Å². The van der Waals surface area contributed by atoms with Crippen LogP contribution in [0, 0.1) is 17.8 Å². The summed E-state index contributed by atoms with van der Waals surface area (Å²) in [4.78, 5) is 59.3. The van der Waals surface area contributed by atoms with Gasteiger partial charge in [0, 0.05) is 19.0 Å². The van der Waals surface area contributed by atoms with E-state index in [2.05, 4.69) is 25.4 Å². The quantitative estimate of drug-likeness (QED) is 0.179. The van der Waals surface area contributed by atoms with Crippen molar-refractivity contribution >= 4 is 23.7 Å². The molecule has 10 nitrogen and oxygen atoms in total. The zero-order valence-electron chi connectivity index (χ0n) is 28.4. The normalized spacial score (nSPS) is 27.0. The van der Waals surface area contributed by atoms with Gasteiger partial charge < -0.3 is 29.7 Å². The van der Waals surface area contributed by atoms with E-state index in [1.165, 1.54) is 0 Å². The lowest BCUT2D eigenvalue weighted by molar-refractivity contribution is -0.154. The van der Waals surface area contributed by atoms with Crippen LogP contribution in [0.3, 0.4) is 0 Å². The molecule has 0 aromatic heterocycles. The number of fused-ring (bicyclic) bond motifs is 1. The van der Waals surface area contributed by atoms with Gasteiger partial charge in [0.15, 0.2) is 0 Å². The molecule has 3 amide bonds. The second-order valence-electron chi connectivity index (χ2n) is 13.3. The molecule has 0 radical (unpaired) electrons. The molecule has 10 heteroatoms. The summed E-state index contributed by atoms with van der Waals surface area (Å²) < 4.78 is 12.2. The third-order valence-corrected chi connectivity index (χ3v) is 10.4. The van der Waals surface area contributed by atoms with E-state index in [-0.39, 0.29) is 49.3 Å². The van der Waals surface area contributed by atoms with E-state index in [4.69, 9.17) is 9.47 Å². The number of carbonyl (C=O) groups excluding carboxylic acids is 4. The number of aliphatic hydroxyl groups excluding tert-OH is 1. The van der Waals surface area contributed by atoms with Gasteiger partial charge in [-0.2, -0.15) is 0 Å². The molecular weight excluding hydrogens is 598 g/mol. The van der Waals surface area contributed by atoms with E-state index in [1.54, 1.807) is 22.0 Å². The van der Waals surface area contributed by atoms with E-state index >= 15 is 0 Å². The van der Waals surface area contributed by atoms with Crippen molar-refractivity contribution in [3.63, 3.8) is 0 Å². The number of rotatable bonds is 18. The van der Waals surface area contributed by atoms with Crippen molar-refractivity contribution in [2.24, 2.45) is 17.8 Å². The molecule has 3 heterocycles. The maximum absolute atomic E-state index is 14.7. The first kappa shape index (κ1) is 36.3. The Morgan fingerprint density at radius 1 is 1.19 bits per heavy atom. The highest BCUT2D eigenvalue weighted by Crippen LogP contribution is 2.59. The third-order valence-electron chi connectivity index (χ3n) is 10.4. The van der Waals surface area contributed by atoms with Gasteiger partial charge in [-0.15, -0.1) is 13.2 Å². The molecule has 3 fully saturated rings. The minimum atomic E-state index is -1.20. The minimum absolute atomic E-state index is 0.0760. The molecule has 258 valence electrons. The van der Waals surface area contributed by atoms with Gasteiger partial charge in [0.2, 0.25) is 17.7 Å². The van der Waals surface area contributed by atoms with Gasteiger partial charge in [0.05, 0.1) is 36.6 Å².